The number of piperidine rings is 1. The van der Waals surface area contributed by atoms with Gasteiger partial charge in [0.25, 0.3) is 0 Å². The van der Waals surface area contributed by atoms with E-state index in [0.717, 1.165) is 23.7 Å². The summed E-state index contributed by atoms with van der Waals surface area (Å²) in [5.74, 6) is -0.199. The maximum Gasteiger partial charge on any atom is 0.315 e. The molecule has 2 aliphatic rings. The summed E-state index contributed by atoms with van der Waals surface area (Å²) in [5, 5.41) is 18.8. The summed E-state index contributed by atoms with van der Waals surface area (Å²) in [6.45, 7) is 2.67. The molecule has 4 atom stereocenters. The minimum absolute atomic E-state index is 0.0975. The number of aromatic nitrogens is 2. The predicted molar refractivity (Wildman–Crippen MR) is 134 cm³/mol. The fourth-order valence-corrected chi connectivity index (χ4v) is 6.26. The van der Waals surface area contributed by atoms with Crippen LogP contribution in [0, 0.1) is 23.0 Å². The molecular formula is C26H32N5O5+. The third-order valence-electron chi connectivity index (χ3n) is 8.40. The first-order valence-electron chi connectivity index (χ1n) is 12.4. The van der Waals surface area contributed by atoms with Crippen LogP contribution in [-0.4, -0.2) is 72.1 Å². The van der Waals surface area contributed by atoms with Crippen LogP contribution in [0.5, 0.6) is 0 Å². The number of non-ortho nitro benzene ring substituents is 1. The monoisotopic (exact) mass is 494 g/mol. The Bertz CT molecular complexity index is 1290. The summed E-state index contributed by atoms with van der Waals surface area (Å²) in [6.07, 6.45) is 3.14. The molecule has 1 aromatic heterocycles. The number of likely N-dealkylation sites (N-methyl/N-ethyl adjacent to an activating group) is 1. The van der Waals surface area contributed by atoms with Gasteiger partial charge in [-0.3, -0.25) is 14.9 Å². The maximum absolute atomic E-state index is 13.6. The van der Waals surface area contributed by atoms with Gasteiger partial charge >= 0.3 is 11.7 Å². The highest BCUT2D eigenvalue weighted by Gasteiger charge is 2.57. The van der Waals surface area contributed by atoms with E-state index in [9.17, 15) is 14.9 Å². The fourth-order valence-electron chi connectivity index (χ4n) is 6.26. The van der Waals surface area contributed by atoms with Crippen LogP contribution in [0.25, 0.3) is 11.0 Å². The number of nitro benzene ring substituents is 1. The molecule has 0 aliphatic carbocycles. The van der Waals surface area contributed by atoms with Crippen molar-refractivity contribution in [3.8, 4) is 0 Å². The fraction of sp³-hybridized carbons (Fsp3) is 0.500. The second-order valence-corrected chi connectivity index (χ2v) is 10.6. The summed E-state index contributed by atoms with van der Waals surface area (Å²) in [7, 11) is 6.31. The van der Waals surface area contributed by atoms with Crippen molar-refractivity contribution >= 4 is 28.4 Å². The van der Waals surface area contributed by atoms with Gasteiger partial charge in [-0.25, -0.2) is 4.63 Å². The Morgan fingerprint density at radius 3 is 2.61 bits per heavy atom. The molecule has 2 aliphatic heterocycles. The van der Waals surface area contributed by atoms with Crippen LogP contribution in [0.15, 0.2) is 41.0 Å². The van der Waals surface area contributed by atoms with Gasteiger partial charge in [0, 0.05) is 38.3 Å². The summed E-state index contributed by atoms with van der Waals surface area (Å²) < 4.78 is 11.5. The number of esters is 1. The number of anilines is 1. The number of hydrogen-bond acceptors (Lipinski definition) is 8. The number of carbonyl (C=O) groups excluding carboxylic acids is 1. The summed E-state index contributed by atoms with van der Waals surface area (Å²) >= 11 is 0. The molecule has 10 heteroatoms. The van der Waals surface area contributed by atoms with E-state index in [2.05, 4.69) is 55.6 Å². The van der Waals surface area contributed by atoms with E-state index in [1.54, 1.807) is 6.07 Å². The molecule has 10 nitrogen and oxygen atoms in total. The lowest BCUT2D eigenvalue weighted by molar-refractivity contribution is -0.933. The van der Waals surface area contributed by atoms with Gasteiger partial charge in [0.2, 0.25) is 5.52 Å². The van der Waals surface area contributed by atoms with Crippen molar-refractivity contribution in [2.24, 2.45) is 5.92 Å². The number of hydrogen-bond donors (Lipinski definition) is 0. The predicted octanol–water partition coefficient (Wildman–Crippen LogP) is 3.83. The van der Waals surface area contributed by atoms with Gasteiger partial charge in [0.15, 0.2) is 5.52 Å². The smallest absolute Gasteiger partial charge is 0.315 e. The molecular weight excluding hydrogens is 462 g/mol. The first-order valence-corrected chi connectivity index (χ1v) is 12.4. The highest BCUT2D eigenvalue weighted by Crippen LogP contribution is 2.50. The Kier molecular flexibility index (Phi) is 6.15. The molecule has 0 saturated carbocycles. The van der Waals surface area contributed by atoms with E-state index in [1.807, 2.05) is 11.9 Å². The zero-order valence-electron chi connectivity index (χ0n) is 21.1. The molecule has 2 saturated heterocycles. The van der Waals surface area contributed by atoms with Crippen molar-refractivity contribution in [2.45, 2.75) is 44.2 Å². The SMILES string of the molecule is Cc1ccc(C2CC3CCC(C2C(=O)OCCN(C)c2ccc([N+](=O)[O-])c4nonc24)[N+]3(C)C)cc1. The Hall–Kier alpha value is -3.53. The normalized spacial score (nSPS) is 24.6. The second kappa shape index (κ2) is 9.16. The molecule has 3 aromatic rings. The van der Waals surface area contributed by atoms with Crippen molar-refractivity contribution < 1.29 is 23.6 Å². The number of fused-ring (bicyclic) bond motifs is 3. The van der Waals surface area contributed by atoms with Crippen molar-refractivity contribution in [3.63, 3.8) is 0 Å². The van der Waals surface area contributed by atoms with E-state index in [0.29, 0.717) is 23.8 Å². The number of aryl methyl sites for hydroxylation is 1. The van der Waals surface area contributed by atoms with E-state index in [4.69, 9.17) is 9.37 Å². The number of ether oxygens (including phenoxy) is 1. The lowest BCUT2D eigenvalue weighted by Crippen LogP contribution is -2.60. The molecule has 36 heavy (non-hydrogen) atoms. The quantitative estimate of drug-likeness (QED) is 0.211. The summed E-state index contributed by atoms with van der Waals surface area (Å²) in [6, 6.07) is 12.3. The zero-order chi connectivity index (χ0) is 25.6. The topological polar surface area (TPSA) is 112 Å². The van der Waals surface area contributed by atoms with Crippen LogP contribution in [0.2, 0.25) is 0 Å². The molecule has 190 valence electrons. The Morgan fingerprint density at radius 2 is 1.89 bits per heavy atom. The molecule has 4 unspecified atom stereocenters. The Labute approximate surface area is 209 Å². The molecule has 0 N–H and O–H groups in total. The third kappa shape index (κ3) is 4.09. The Morgan fingerprint density at radius 1 is 1.17 bits per heavy atom. The number of benzene rings is 2. The van der Waals surface area contributed by atoms with Gasteiger partial charge in [-0.15, -0.1) is 0 Å². The van der Waals surface area contributed by atoms with Gasteiger partial charge in [-0.2, -0.15) is 0 Å². The van der Waals surface area contributed by atoms with Crippen LogP contribution in [0.1, 0.15) is 36.3 Å². The van der Waals surface area contributed by atoms with Gasteiger partial charge < -0.3 is 14.1 Å². The van der Waals surface area contributed by atoms with Crippen molar-refractivity contribution in [3.05, 3.63) is 57.6 Å². The highest BCUT2D eigenvalue weighted by molar-refractivity contribution is 5.93. The van der Waals surface area contributed by atoms with E-state index >= 15 is 0 Å². The molecule has 3 heterocycles. The van der Waals surface area contributed by atoms with Gasteiger partial charge in [-0.05, 0) is 28.9 Å². The molecule has 0 radical (unpaired) electrons. The number of carbonyl (C=O) groups is 1. The molecule has 2 aromatic carbocycles. The molecule has 2 bridgehead atoms. The van der Waals surface area contributed by atoms with Crippen molar-refractivity contribution in [1.29, 1.82) is 0 Å². The third-order valence-corrected chi connectivity index (χ3v) is 8.40. The number of nitrogens with zero attached hydrogens (tertiary/aromatic N) is 5. The van der Waals surface area contributed by atoms with Crippen LogP contribution in [-0.2, 0) is 9.53 Å². The van der Waals surface area contributed by atoms with Crippen molar-refractivity contribution in [2.75, 3.05) is 39.2 Å². The van der Waals surface area contributed by atoms with Gasteiger partial charge in [0.05, 0.1) is 37.3 Å². The molecule has 0 amide bonds. The summed E-state index contributed by atoms with van der Waals surface area (Å²) in [5.41, 5.74) is 3.28. The lowest BCUT2D eigenvalue weighted by Gasteiger charge is -2.48. The van der Waals surface area contributed by atoms with Gasteiger partial charge in [0.1, 0.15) is 18.6 Å². The lowest BCUT2D eigenvalue weighted by atomic mass is 9.75. The molecule has 2 fully saturated rings. The Balaban J connectivity index is 1.31. The maximum atomic E-state index is 13.6. The largest absolute Gasteiger partial charge is 0.463 e. The first kappa shape index (κ1) is 24.2. The molecule has 5 rings (SSSR count). The number of quaternary nitrogens is 1. The first-order chi connectivity index (χ1) is 17.2. The average molecular weight is 495 g/mol. The van der Waals surface area contributed by atoms with Crippen LogP contribution in [0.3, 0.4) is 0 Å². The van der Waals surface area contributed by atoms with Crippen molar-refractivity contribution in [1.82, 2.24) is 10.3 Å². The minimum atomic E-state index is -0.514. The average Bonchev–Trinajstić information content (AvgIpc) is 3.36. The van der Waals surface area contributed by atoms with E-state index in [1.165, 1.54) is 17.2 Å². The van der Waals surface area contributed by atoms with Crippen LogP contribution >= 0.6 is 0 Å². The zero-order valence-corrected chi connectivity index (χ0v) is 21.1. The van der Waals surface area contributed by atoms with E-state index in [-0.39, 0.29) is 41.7 Å². The summed E-state index contributed by atoms with van der Waals surface area (Å²) in [4.78, 5) is 26.2. The van der Waals surface area contributed by atoms with Gasteiger partial charge in [-0.1, -0.05) is 29.8 Å². The minimum Gasteiger partial charge on any atom is -0.463 e. The second-order valence-electron chi connectivity index (χ2n) is 10.6. The van der Waals surface area contributed by atoms with Crippen LogP contribution in [0.4, 0.5) is 11.4 Å². The standard InChI is InChI=1S/C26H32N5O5/c1-16-5-7-17(8-6-16)19-15-18-9-12-22(31(18,3)4)23(19)26(32)35-14-13-29(2)20-10-11-21(30(33)34)25-24(20)27-36-28-25/h5-8,10-11,18-19,22-23H,9,12-15H2,1-4H3/q+1. The number of rotatable bonds is 7. The van der Waals surface area contributed by atoms with Crippen LogP contribution < -0.4 is 4.90 Å². The highest BCUT2D eigenvalue weighted by atomic mass is 16.6. The molecule has 0 spiro atoms. The number of nitro groups is 1. The van der Waals surface area contributed by atoms with E-state index < -0.39 is 4.92 Å².